The SMILES string of the molecule is C=C/C(=C\C=C(/C)c1ccccc1)n1c2ccc(-c3cccc(-c4ccccc4)c3)cc2c2ccc3occc3c21. The fourth-order valence-corrected chi connectivity index (χ4v) is 5.75. The first-order valence-electron chi connectivity index (χ1n) is 13.9. The third-order valence-electron chi connectivity index (χ3n) is 7.86. The molecule has 41 heavy (non-hydrogen) atoms. The molecule has 0 atom stereocenters. The second-order valence-electron chi connectivity index (χ2n) is 10.3. The number of aromatic nitrogens is 1. The number of benzene rings is 5. The van der Waals surface area contributed by atoms with Crippen LogP contribution in [0.1, 0.15) is 12.5 Å². The summed E-state index contributed by atoms with van der Waals surface area (Å²) in [6, 6.07) is 42.8. The van der Waals surface area contributed by atoms with Gasteiger partial charge in [-0.2, -0.15) is 0 Å². The average molecular weight is 528 g/mol. The second kappa shape index (κ2) is 10.3. The maximum absolute atomic E-state index is 5.82. The van der Waals surface area contributed by atoms with E-state index in [0.717, 1.165) is 27.7 Å². The van der Waals surface area contributed by atoms with Crippen LogP contribution in [0.3, 0.4) is 0 Å². The van der Waals surface area contributed by atoms with Gasteiger partial charge in [-0.3, -0.25) is 0 Å². The highest BCUT2D eigenvalue weighted by atomic mass is 16.3. The molecule has 0 unspecified atom stereocenters. The van der Waals surface area contributed by atoms with Crippen molar-refractivity contribution in [3.63, 3.8) is 0 Å². The monoisotopic (exact) mass is 527 g/mol. The molecule has 0 aliphatic heterocycles. The summed E-state index contributed by atoms with van der Waals surface area (Å²) < 4.78 is 8.14. The lowest BCUT2D eigenvalue weighted by atomic mass is 9.98. The molecule has 2 heteroatoms. The Morgan fingerprint density at radius 1 is 0.634 bits per heavy atom. The Balaban J connectivity index is 1.43. The highest BCUT2D eigenvalue weighted by Crippen LogP contribution is 2.39. The van der Waals surface area contributed by atoms with Gasteiger partial charge >= 0.3 is 0 Å². The van der Waals surface area contributed by atoms with Crippen molar-refractivity contribution in [2.45, 2.75) is 6.92 Å². The summed E-state index contributed by atoms with van der Waals surface area (Å²) in [5.74, 6) is 0. The van der Waals surface area contributed by atoms with Crippen molar-refractivity contribution >= 4 is 44.0 Å². The molecule has 0 aliphatic rings. The van der Waals surface area contributed by atoms with Crippen LogP contribution in [-0.2, 0) is 0 Å². The van der Waals surface area contributed by atoms with Gasteiger partial charge in [-0.25, -0.2) is 0 Å². The predicted molar refractivity (Wildman–Crippen MR) is 175 cm³/mol. The fourth-order valence-electron chi connectivity index (χ4n) is 5.75. The minimum Gasteiger partial charge on any atom is -0.464 e. The van der Waals surface area contributed by atoms with E-state index in [2.05, 4.69) is 145 Å². The molecule has 0 aliphatic carbocycles. The highest BCUT2D eigenvalue weighted by Gasteiger charge is 2.17. The summed E-state index contributed by atoms with van der Waals surface area (Å²) in [7, 11) is 0. The Labute approximate surface area is 239 Å². The Hall–Kier alpha value is -5.34. The van der Waals surface area contributed by atoms with Gasteiger partial charge in [0.05, 0.1) is 17.3 Å². The molecule has 0 N–H and O–H groups in total. The molecule has 7 rings (SSSR count). The van der Waals surface area contributed by atoms with Gasteiger partial charge in [0.15, 0.2) is 0 Å². The van der Waals surface area contributed by atoms with Crippen molar-refractivity contribution in [3.05, 3.63) is 158 Å². The van der Waals surface area contributed by atoms with Crippen molar-refractivity contribution in [2.75, 3.05) is 0 Å². The van der Waals surface area contributed by atoms with E-state index in [1.807, 2.05) is 12.1 Å². The molecular formula is C39H29NO. The zero-order valence-corrected chi connectivity index (χ0v) is 22.9. The lowest BCUT2D eigenvalue weighted by Gasteiger charge is -2.10. The Kier molecular flexibility index (Phi) is 6.22. The minimum atomic E-state index is 0.872. The van der Waals surface area contributed by atoms with Gasteiger partial charge < -0.3 is 8.98 Å². The number of fused-ring (bicyclic) bond motifs is 5. The van der Waals surface area contributed by atoms with E-state index in [1.54, 1.807) is 6.26 Å². The van der Waals surface area contributed by atoms with E-state index in [4.69, 9.17) is 4.42 Å². The van der Waals surface area contributed by atoms with Crippen LogP contribution in [0.5, 0.6) is 0 Å². The van der Waals surface area contributed by atoms with Crippen LogP contribution in [0, 0.1) is 0 Å². The zero-order chi connectivity index (χ0) is 27.8. The summed E-state index contributed by atoms with van der Waals surface area (Å²) in [6.07, 6.45) is 8.03. The molecule has 2 aromatic heterocycles. The zero-order valence-electron chi connectivity index (χ0n) is 22.9. The molecule has 0 bridgehead atoms. The van der Waals surface area contributed by atoms with Gasteiger partial charge in [-0.05, 0) is 88.9 Å². The lowest BCUT2D eigenvalue weighted by molar-refractivity contribution is 0.616. The molecular weight excluding hydrogens is 498 g/mol. The molecule has 0 amide bonds. The Morgan fingerprint density at radius 3 is 2.12 bits per heavy atom. The Bertz CT molecular complexity index is 2100. The normalized spacial score (nSPS) is 12.4. The molecule has 0 radical (unpaired) electrons. The number of rotatable bonds is 6. The molecule has 0 spiro atoms. The standard InChI is InChI=1S/C39H29NO/c1-3-33(19-17-27(2)28-11-6-4-7-12-28)40-37-21-18-32(31-16-10-15-30(25-31)29-13-8-5-9-14-29)26-36(37)34-20-22-38-35(39(34)40)23-24-41-38/h3-26H,1H2,2H3/b27-17+,33-19+. The number of hydrogen-bond donors (Lipinski definition) is 0. The van der Waals surface area contributed by atoms with Gasteiger partial charge in [0.25, 0.3) is 0 Å². The molecule has 0 saturated carbocycles. The third-order valence-corrected chi connectivity index (χ3v) is 7.86. The molecule has 196 valence electrons. The van der Waals surface area contributed by atoms with Gasteiger partial charge in [-0.15, -0.1) is 0 Å². The smallest absolute Gasteiger partial charge is 0.136 e. The van der Waals surface area contributed by atoms with Crippen LogP contribution >= 0.6 is 0 Å². The second-order valence-corrected chi connectivity index (χ2v) is 10.3. The van der Waals surface area contributed by atoms with Crippen molar-refractivity contribution in [1.82, 2.24) is 4.57 Å². The van der Waals surface area contributed by atoms with Crippen LogP contribution in [0.2, 0.25) is 0 Å². The van der Waals surface area contributed by atoms with Gasteiger partial charge in [-0.1, -0.05) is 97.6 Å². The first-order chi connectivity index (χ1) is 20.2. The third kappa shape index (κ3) is 4.40. The molecule has 2 heterocycles. The number of hydrogen-bond acceptors (Lipinski definition) is 1. The Morgan fingerprint density at radius 2 is 1.34 bits per heavy atom. The van der Waals surface area contributed by atoms with Crippen LogP contribution in [0.25, 0.3) is 66.3 Å². The summed E-state index contributed by atoms with van der Waals surface area (Å²) in [4.78, 5) is 0. The van der Waals surface area contributed by atoms with E-state index in [1.165, 1.54) is 44.2 Å². The van der Waals surface area contributed by atoms with Crippen LogP contribution in [0.4, 0.5) is 0 Å². The topological polar surface area (TPSA) is 18.1 Å². The van der Waals surface area contributed by atoms with Crippen LogP contribution < -0.4 is 0 Å². The molecule has 0 fully saturated rings. The van der Waals surface area contributed by atoms with Gasteiger partial charge in [0.2, 0.25) is 0 Å². The van der Waals surface area contributed by atoms with E-state index in [9.17, 15) is 0 Å². The molecule has 2 nitrogen and oxygen atoms in total. The average Bonchev–Trinajstić information content (AvgIpc) is 3.65. The highest BCUT2D eigenvalue weighted by molar-refractivity contribution is 6.19. The van der Waals surface area contributed by atoms with Crippen molar-refractivity contribution in [1.29, 1.82) is 0 Å². The largest absolute Gasteiger partial charge is 0.464 e. The molecule has 0 saturated heterocycles. The van der Waals surface area contributed by atoms with E-state index >= 15 is 0 Å². The number of nitrogens with zero attached hydrogens (tertiary/aromatic N) is 1. The maximum atomic E-state index is 5.82. The van der Waals surface area contributed by atoms with Crippen LogP contribution in [-0.4, -0.2) is 4.57 Å². The van der Waals surface area contributed by atoms with Crippen molar-refractivity contribution < 1.29 is 4.42 Å². The molecule has 7 aromatic rings. The predicted octanol–water partition coefficient (Wildman–Crippen LogP) is 11.0. The molecule has 5 aromatic carbocycles. The van der Waals surface area contributed by atoms with Crippen LogP contribution in [0.15, 0.2) is 157 Å². The van der Waals surface area contributed by atoms with Crippen molar-refractivity contribution in [3.8, 4) is 22.3 Å². The number of allylic oxidation sites excluding steroid dienone is 5. The summed E-state index contributed by atoms with van der Waals surface area (Å²) in [5.41, 5.74) is 11.3. The van der Waals surface area contributed by atoms with Gasteiger partial charge in [0.1, 0.15) is 5.58 Å². The maximum Gasteiger partial charge on any atom is 0.136 e. The summed E-state index contributed by atoms with van der Waals surface area (Å²) in [5, 5.41) is 3.47. The van der Waals surface area contributed by atoms with E-state index in [-0.39, 0.29) is 0 Å². The lowest BCUT2D eigenvalue weighted by Crippen LogP contribution is -1.94. The minimum absolute atomic E-state index is 0.872. The fraction of sp³-hybridized carbons (Fsp3) is 0.0256. The first-order valence-corrected chi connectivity index (χ1v) is 13.9. The van der Waals surface area contributed by atoms with Crippen molar-refractivity contribution in [2.24, 2.45) is 0 Å². The summed E-state index contributed by atoms with van der Waals surface area (Å²) >= 11 is 0. The first kappa shape index (κ1) is 24.7. The quantitative estimate of drug-likeness (QED) is 0.197. The van der Waals surface area contributed by atoms with E-state index in [0.29, 0.717) is 0 Å². The summed E-state index contributed by atoms with van der Waals surface area (Å²) in [6.45, 7) is 6.35. The van der Waals surface area contributed by atoms with E-state index < -0.39 is 0 Å². The number of furan rings is 1. The van der Waals surface area contributed by atoms with Gasteiger partial charge in [0, 0.05) is 21.9 Å².